The molecule has 1 N–H and O–H groups in total. The van der Waals surface area contributed by atoms with Gasteiger partial charge in [0.25, 0.3) is 11.8 Å². The molecule has 1 aromatic rings. The fraction of sp³-hybridized carbons (Fsp3) is 0.615. The molecule has 5 heteroatoms. The normalized spacial score (nSPS) is 20.0. The minimum Gasteiger partial charge on any atom is -0.395 e. The van der Waals surface area contributed by atoms with Crippen molar-refractivity contribution >= 4 is 17.4 Å². The van der Waals surface area contributed by atoms with Gasteiger partial charge in [0.1, 0.15) is 5.70 Å². The van der Waals surface area contributed by atoms with Crippen LogP contribution in [0.2, 0.25) is 0 Å². The molecular formula is C26H38N2O3. The van der Waals surface area contributed by atoms with Crippen molar-refractivity contribution in [3.63, 3.8) is 0 Å². The van der Waals surface area contributed by atoms with Gasteiger partial charge in [0, 0.05) is 19.6 Å². The summed E-state index contributed by atoms with van der Waals surface area (Å²) >= 11 is 0. The van der Waals surface area contributed by atoms with Crippen LogP contribution in [0.3, 0.4) is 0 Å². The number of nitrogens with zero attached hydrogens (tertiary/aromatic N) is 2. The Kier molecular flexibility index (Phi) is 8.70. The van der Waals surface area contributed by atoms with Gasteiger partial charge in [-0.3, -0.25) is 14.5 Å². The lowest BCUT2D eigenvalue weighted by molar-refractivity contribution is -0.140. The minimum absolute atomic E-state index is 0.0418. The maximum absolute atomic E-state index is 13.7. The lowest BCUT2D eigenvalue weighted by atomic mass is 9.96. The van der Waals surface area contributed by atoms with Gasteiger partial charge in [0.15, 0.2) is 0 Å². The van der Waals surface area contributed by atoms with Crippen LogP contribution in [0.15, 0.2) is 30.0 Å². The lowest BCUT2D eigenvalue weighted by Crippen LogP contribution is -2.42. The maximum Gasteiger partial charge on any atom is 0.278 e. The minimum atomic E-state index is -0.200. The number of imide groups is 1. The molecule has 5 nitrogen and oxygen atoms in total. The summed E-state index contributed by atoms with van der Waals surface area (Å²) in [6.45, 7) is 2.27. The summed E-state index contributed by atoms with van der Waals surface area (Å²) in [7, 11) is 1.79. The van der Waals surface area contributed by atoms with Gasteiger partial charge < -0.3 is 10.0 Å². The van der Waals surface area contributed by atoms with Gasteiger partial charge in [-0.05, 0) is 25.3 Å². The van der Waals surface area contributed by atoms with Gasteiger partial charge in [-0.25, -0.2) is 0 Å². The number of hydrogen-bond donors (Lipinski definition) is 1. The van der Waals surface area contributed by atoms with E-state index in [1.165, 1.54) is 44.9 Å². The van der Waals surface area contributed by atoms with E-state index in [0.29, 0.717) is 17.8 Å². The first-order chi connectivity index (χ1) is 15.0. The van der Waals surface area contributed by atoms with Crippen molar-refractivity contribution in [2.45, 2.75) is 83.6 Å². The fourth-order valence-electron chi connectivity index (χ4n) is 4.86. The Morgan fingerprint density at radius 3 is 1.90 bits per heavy atom. The van der Waals surface area contributed by atoms with E-state index in [9.17, 15) is 14.7 Å². The Labute approximate surface area is 187 Å². The van der Waals surface area contributed by atoms with Crippen LogP contribution in [0, 0.1) is 6.92 Å². The lowest BCUT2D eigenvalue weighted by Gasteiger charge is -2.28. The molecule has 1 aromatic carbocycles. The third-order valence-corrected chi connectivity index (χ3v) is 6.69. The molecule has 170 valence electrons. The first kappa shape index (κ1) is 23.5. The molecule has 31 heavy (non-hydrogen) atoms. The third kappa shape index (κ3) is 5.76. The van der Waals surface area contributed by atoms with Gasteiger partial charge in [0.05, 0.1) is 12.2 Å². The average molecular weight is 427 g/mol. The van der Waals surface area contributed by atoms with Crippen LogP contribution in [-0.4, -0.2) is 53.0 Å². The molecule has 1 aliphatic heterocycles. The van der Waals surface area contributed by atoms with Crippen molar-refractivity contribution in [2.24, 2.45) is 0 Å². The van der Waals surface area contributed by atoms with Crippen LogP contribution in [-0.2, 0) is 9.59 Å². The highest BCUT2D eigenvalue weighted by Gasteiger charge is 2.43. The van der Waals surface area contributed by atoms with E-state index < -0.39 is 0 Å². The molecule has 2 amide bonds. The van der Waals surface area contributed by atoms with E-state index in [0.717, 1.165) is 36.8 Å². The van der Waals surface area contributed by atoms with Crippen LogP contribution in [0.4, 0.5) is 0 Å². The molecule has 0 aromatic heterocycles. The fourth-order valence-corrected chi connectivity index (χ4v) is 4.86. The van der Waals surface area contributed by atoms with Crippen molar-refractivity contribution in [1.29, 1.82) is 0 Å². The maximum atomic E-state index is 13.7. The number of aliphatic hydroxyl groups excluding tert-OH is 1. The highest BCUT2D eigenvalue weighted by atomic mass is 16.3. The van der Waals surface area contributed by atoms with Crippen molar-refractivity contribution in [1.82, 2.24) is 9.80 Å². The molecule has 1 aliphatic carbocycles. The molecule has 0 atom stereocenters. The van der Waals surface area contributed by atoms with Gasteiger partial charge in [-0.2, -0.15) is 0 Å². The molecule has 1 heterocycles. The van der Waals surface area contributed by atoms with Crippen molar-refractivity contribution in [3.8, 4) is 0 Å². The first-order valence-electron chi connectivity index (χ1n) is 12.1. The number of aryl methyl sites for hydroxylation is 1. The molecule has 2 aliphatic rings. The van der Waals surface area contributed by atoms with Crippen LogP contribution in [0.1, 0.15) is 81.8 Å². The number of likely N-dealkylation sites (N-methyl/N-ethyl adjacent to an activating group) is 1. The summed E-state index contributed by atoms with van der Waals surface area (Å²) in [5.74, 6) is -0.376. The highest BCUT2D eigenvalue weighted by molar-refractivity contribution is 6.35. The summed E-state index contributed by atoms with van der Waals surface area (Å²) in [5.41, 5.74) is 2.79. The average Bonchev–Trinajstić information content (AvgIpc) is 3.00. The van der Waals surface area contributed by atoms with E-state index >= 15 is 0 Å². The van der Waals surface area contributed by atoms with Gasteiger partial charge >= 0.3 is 0 Å². The monoisotopic (exact) mass is 426 g/mol. The van der Waals surface area contributed by atoms with E-state index in [4.69, 9.17) is 0 Å². The third-order valence-electron chi connectivity index (χ3n) is 6.69. The van der Waals surface area contributed by atoms with E-state index in [-0.39, 0.29) is 24.5 Å². The largest absolute Gasteiger partial charge is 0.395 e. The molecule has 3 rings (SSSR count). The summed E-state index contributed by atoms with van der Waals surface area (Å²) in [6.07, 6.45) is 12.6. The van der Waals surface area contributed by atoms with Crippen molar-refractivity contribution in [2.75, 3.05) is 20.2 Å². The summed E-state index contributed by atoms with van der Waals surface area (Å²) in [4.78, 5) is 30.5. The Morgan fingerprint density at radius 1 is 0.871 bits per heavy atom. The smallest absolute Gasteiger partial charge is 0.278 e. The standard InChI is InChI=1S/C26H38N2O3/c1-20-14-16-21(17-15-20)23-24(27(2)18-19-29)26(31)28(25(23)30)22-12-10-8-6-4-3-5-7-9-11-13-22/h14-17,22,29H,3-13,18-19H2,1-2H3. The second-order valence-corrected chi connectivity index (χ2v) is 9.13. The van der Waals surface area contributed by atoms with Crippen LogP contribution in [0.5, 0.6) is 0 Å². The number of carbonyl (C=O) groups excluding carboxylic acids is 2. The van der Waals surface area contributed by atoms with E-state index in [1.807, 2.05) is 31.2 Å². The molecule has 0 bridgehead atoms. The Balaban J connectivity index is 1.89. The molecule has 0 radical (unpaired) electrons. The van der Waals surface area contributed by atoms with Crippen molar-refractivity contribution in [3.05, 3.63) is 41.1 Å². The number of aliphatic hydroxyl groups is 1. The second kappa shape index (κ2) is 11.5. The predicted octanol–water partition coefficient (Wildman–Crippen LogP) is 4.67. The zero-order chi connectivity index (χ0) is 22.2. The molecule has 0 saturated heterocycles. The topological polar surface area (TPSA) is 60.9 Å². The van der Waals surface area contributed by atoms with Gasteiger partial charge in [-0.1, -0.05) is 87.6 Å². The first-order valence-corrected chi connectivity index (χ1v) is 12.1. The van der Waals surface area contributed by atoms with Crippen LogP contribution in [0.25, 0.3) is 5.57 Å². The van der Waals surface area contributed by atoms with E-state index in [1.54, 1.807) is 16.8 Å². The molecular weight excluding hydrogens is 388 g/mol. The number of amides is 2. The zero-order valence-electron chi connectivity index (χ0n) is 19.2. The SMILES string of the molecule is Cc1ccc(C2=C(N(C)CCO)C(=O)N(C3CCCCCCCCCCC3)C2=O)cc1. The summed E-state index contributed by atoms with van der Waals surface area (Å²) in [5, 5.41) is 9.46. The molecule has 1 saturated carbocycles. The number of rotatable bonds is 5. The second-order valence-electron chi connectivity index (χ2n) is 9.13. The Hall–Kier alpha value is -2.14. The predicted molar refractivity (Wildman–Crippen MR) is 124 cm³/mol. The number of benzene rings is 1. The quantitative estimate of drug-likeness (QED) is 0.695. The van der Waals surface area contributed by atoms with Crippen LogP contribution < -0.4 is 0 Å². The summed E-state index contributed by atoms with van der Waals surface area (Å²) in [6, 6.07) is 7.75. The summed E-state index contributed by atoms with van der Waals surface area (Å²) < 4.78 is 0. The highest BCUT2D eigenvalue weighted by Crippen LogP contribution is 2.34. The van der Waals surface area contributed by atoms with Crippen molar-refractivity contribution < 1.29 is 14.7 Å². The molecule has 0 unspecified atom stereocenters. The van der Waals surface area contributed by atoms with E-state index in [2.05, 4.69) is 0 Å². The van der Waals surface area contributed by atoms with Gasteiger partial charge in [-0.15, -0.1) is 0 Å². The van der Waals surface area contributed by atoms with Gasteiger partial charge in [0.2, 0.25) is 0 Å². The molecule has 0 spiro atoms. The Bertz CT molecular complexity index is 772. The van der Waals surface area contributed by atoms with Crippen LogP contribution >= 0.6 is 0 Å². The number of carbonyl (C=O) groups is 2. The zero-order valence-corrected chi connectivity index (χ0v) is 19.2. The number of hydrogen-bond acceptors (Lipinski definition) is 4. The molecule has 1 fully saturated rings. The Morgan fingerprint density at radius 2 is 1.39 bits per heavy atom.